The van der Waals surface area contributed by atoms with Gasteiger partial charge >= 0.3 is 12.1 Å². The fourth-order valence-corrected chi connectivity index (χ4v) is 3.07. The van der Waals surface area contributed by atoms with E-state index < -0.39 is 17.6 Å². The number of aryl methyl sites for hydroxylation is 1. The highest BCUT2D eigenvalue weighted by molar-refractivity contribution is 5.75. The van der Waals surface area contributed by atoms with Crippen molar-refractivity contribution in [2.45, 2.75) is 44.8 Å². The Morgan fingerprint density at radius 1 is 1.33 bits per heavy atom. The topological polar surface area (TPSA) is 90.0 Å². The average molecular weight is 384 g/mol. The van der Waals surface area contributed by atoms with Gasteiger partial charge in [-0.3, -0.25) is 9.59 Å². The van der Waals surface area contributed by atoms with Gasteiger partial charge in [-0.2, -0.15) is 18.2 Å². The van der Waals surface area contributed by atoms with Crippen molar-refractivity contribution in [2.75, 3.05) is 6.54 Å². The van der Waals surface area contributed by atoms with Crippen LogP contribution in [0.25, 0.3) is 11.4 Å². The van der Waals surface area contributed by atoms with Crippen LogP contribution in [0.15, 0.2) is 27.6 Å². The second kappa shape index (κ2) is 7.93. The first-order valence-electron chi connectivity index (χ1n) is 8.71. The molecule has 0 spiro atoms. The molecule has 0 aliphatic heterocycles. The van der Waals surface area contributed by atoms with Gasteiger partial charge in [0.15, 0.2) is 0 Å². The van der Waals surface area contributed by atoms with Crippen molar-refractivity contribution in [3.05, 3.63) is 34.6 Å². The summed E-state index contributed by atoms with van der Waals surface area (Å²) in [4.78, 5) is 27.3. The molecule has 146 valence electrons. The van der Waals surface area contributed by atoms with Crippen molar-refractivity contribution >= 4 is 5.91 Å². The SMILES string of the molecule is O=C(CCn1ccc(-c2noc(C(F)(F)F)n2)cc1=O)NCC1CCCC1. The molecule has 0 saturated heterocycles. The maximum absolute atomic E-state index is 12.5. The van der Waals surface area contributed by atoms with Gasteiger partial charge in [-0.05, 0) is 24.8 Å². The van der Waals surface area contributed by atoms with E-state index in [2.05, 4.69) is 20.0 Å². The third-order valence-electron chi connectivity index (χ3n) is 4.57. The zero-order valence-corrected chi connectivity index (χ0v) is 14.5. The predicted molar refractivity (Wildman–Crippen MR) is 88.6 cm³/mol. The molecular weight excluding hydrogens is 365 g/mol. The van der Waals surface area contributed by atoms with Crippen molar-refractivity contribution < 1.29 is 22.5 Å². The molecule has 1 saturated carbocycles. The highest BCUT2D eigenvalue weighted by atomic mass is 19.4. The van der Waals surface area contributed by atoms with Crippen LogP contribution in [0.3, 0.4) is 0 Å². The van der Waals surface area contributed by atoms with Gasteiger partial charge in [-0.1, -0.05) is 18.0 Å². The largest absolute Gasteiger partial charge is 0.471 e. The summed E-state index contributed by atoms with van der Waals surface area (Å²) in [6.07, 6.45) is 1.46. The maximum atomic E-state index is 12.5. The van der Waals surface area contributed by atoms with Crippen molar-refractivity contribution in [3.63, 3.8) is 0 Å². The quantitative estimate of drug-likeness (QED) is 0.827. The Balaban J connectivity index is 1.57. The van der Waals surface area contributed by atoms with E-state index in [1.54, 1.807) is 0 Å². The van der Waals surface area contributed by atoms with Crippen LogP contribution in [0.5, 0.6) is 0 Å². The first-order valence-corrected chi connectivity index (χ1v) is 8.71. The molecule has 27 heavy (non-hydrogen) atoms. The zero-order chi connectivity index (χ0) is 19.4. The molecule has 0 unspecified atom stereocenters. The minimum absolute atomic E-state index is 0.112. The number of aromatic nitrogens is 3. The summed E-state index contributed by atoms with van der Waals surface area (Å²) >= 11 is 0. The summed E-state index contributed by atoms with van der Waals surface area (Å²) in [6, 6.07) is 2.52. The number of nitrogens with zero attached hydrogens (tertiary/aromatic N) is 3. The lowest BCUT2D eigenvalue weighted by Gasteiger charge is -2.11. The van der Waals surface area contributed by atoms with Crippen LogP contribution in [0.2, 0.25) is 0 Å². The minimum atomic E-state index is -4.74. The van der Waals surface area contributed by atoms with Gasteiger partial charge in [0, 0.05) is 37.3 Å². The number of rotatable bonds is 6. The molecule has 3 rings (SSSR count). The molecule has 1 amide bonds. The molecular formula is C17H19F3N4O3. The summed E-state index contributed by atoms with van der Waals surface area (Å²) in [5.41, 5.74) is -0.351. The first-order chi connectivity index (χ1) is 12.8. The van der Waals surface area contributed by atoms with Gasteiger partial charge in [0.1, 0.15) is 0 Å². The van der Waals surface area contributed by atoms with Crippen LogP contribution in [-0.2, 0) is 17.5 Å². The number of amides is 1. The van der Waals surface area contributed by atoms with Gasteiger partial charge in [-0.15, -0.1) is 0 Å². The highest BCUT2D eigenvalue weighted by Crippen LogP contribution is 2.29. The molecule has 0 radical (unpaired) electrons. The number of hydrogen-bond acceptors (Lipinski definition) is 5. The Labute approximate surface area is 152 Å². The number of pyridine rings is 1. The summed E-state index contributed by atoms with van der Waals surface area (Å²) in [6.45, 7) is 0.835. The molecule has 7 nitrogen and oxygen atoms in total. The summed E-state index contributed by atoms with van der Waals surface area (Å²) in [5.74, 6) is -1.39. The number of nitrogens with one attached hydrogen (secondary N) is 1. The van der Waals surface area contributed by atoms with E-state index in [9.17, 15) is 22.8 Å². The molecule has 1 N–H and O–H groups in total. The zero-order valence-electron chi connectivity index (χ0n) is 14.5. The van der Waals surface area contributed by atoms with Crippen LogP contribution in [0.1, 0.15) is 38.0 Å². The van der Waals surface area contributed by atoms with Gasteiger partial charge in [0.05, 0.1) is 0 Å². The Kier molecular flexibility index (Phi) is 5.62. The summed E-state index contributed by atoms with van der Waals surface area (Å²) < 4.78 is 43.0. The lowest BCUT2D eigenvalue weighted by atomic mass is 10.1. The normalized spacial score (nSPS) is 15.2. The van der Waals surface area contributed by atoms with Crippen LogP contribution in [0.4, 0.5) is 13.2 Å². The Hall–Kier alpha value is -2.65. The third kappa shape index (κ3) is 4.95. The second-order valence-corrected chi connectivity index (χ2v) is 6.57. The summed E-state index contributed by atoms with van der Waals surface area (Å²) in [5, 5.41) is 6.12. The van der Waals surface area contributed by atoms with E-state index in [4.69, 9.17) is 0 Å². The highest BCUT2D eigenvalue weighted by Gasteiger charge is 2.38. The molecule has 0 aromatic carbocycles. The van der Waals surface area contributed by atoms with Gasteiger partial charge < -0.3 is 14.4 Å². The van der Waals surface area contributed by atoms with Crippen molar-refractivity contribution in [1.29, 1.82) is 0 Å². The fourth-order valence-electron chi connectivity index (χ4n) is 3.07. The van der Waals surface area contributed by atoms with Crippen LogP contribution < -0.4 is 10.9 Å². The van der Waals surface area contributed by atoms with E-state index in [1.165, 1.54) is 29.7 Å². The van der Waals surface area contributed by atoms with Crippen molar-refractivity contribution in [3.8, 4) is 11.4 Å². The van der Waals surface area contributed by atoms with E-state index >= 15 is 0 Å². The Morgan fingerprint density at radius 3 is 2.70 bits per heavy atom. The number of alkyl halides is 3. The minimum Gasteiger partial charge on any atom is -0.356 e. The van der Waals surface area contributed by atoms with E-state index in [-0.39, 0.29) is 30.3 Å². The molecule has 1 aliphatic carbocycles. The lowest BCUT2D eigenvalue weighted by Crippen LogP contribution is -2.30. The molecule has 2 aromatic rings. The van der Waals surface area contributed by atoms with Crippen molar-refractivity contribution in [1.82, 2.24) is 20.0 Å². The van der Waals surface area contributed by atoms with Gasteiger partial charge in [-0.25, -0.2) is 0 Å². The Bertz CT molecular complexity index is 854. The molecule has 2 heterocycles. The average Bonchev–Trinajstić information content (AvgIpc) is 3.30. The molecule has 1 aliphatic rings. The van der Waals surface area contributed by atoms with Crippen LogP contribution >= 0.6 is 0 Å². The van der Waals surface area contributed by atoms with E-state index in [0.29, 0.717) is 12.5 Å². The smallest absolute Gasteiger partial charge is 0.356 e. The fraction of sp³-hybridized carbons (Fsp3) is 0.529. The first kappa shape index (κ1) is 19.1. The lowest BCUT2D eigenvalue weighted by molar-refractivity contribution is -0.159. The number of carbonyl (C=O) groups excluding carboxylic acids is 1. The van der Waals surface area contributed by atoms with E-state index in [1.807, 2.05) is 0 Å². The number of carbonyl (C=O) groups is 1. The summed E-state index contributed by atoms with van der Waals surface area (Å²) in [7, 11) is 0. The van der Waals surface area contributed by atoms with Crippen LogP contribution in [-0.4, -0.2) is 27.2 Å². The van der Waals surface area contributed by atoms with E-state index in [0.717, 1.165) is 18.9 Å². The van der Waals surface area contributed by atoms with Crippen molar-refractivity contribution in [2.24, 2.45) is 5.92 Å². The molecule has 0 atom stereocenters. The van der Waals surface area contributed by atoms with Crippen LogP contribution in [0, 0.1) is 5.92 Å². The monoisotopic (exact) mass is 384 g/mol. The number of hydrogen-bond donors (Lipinski definition) is 1. The molecule has 0 bridgehead atoms. The van der Waals surface area contributed by atoms with Gasteiger partial charge in [0.25, 0.3) is 5.56 Å². The second-order valence-electron chi connectivity index (χ2n) is 6.57. The third-order valence-corrected chi connectivity index (χ3v) is 4.57. The predicted octanol–water partition coefficient (Wildman–Crippen LogP) is 2.61. The maximum Gasteiger partial charge on any atom is 0.471 e. The molecule has 1 fully saturated rings. The molecule has 10 heteroatoms. The Morgan fingerprint density at radius 2 is 2.07 bits per heavy atom. The molecule has 2 aromatic heterocycles. The standard InChI is InChI=1S/C17H19F3N4O3/c18-17(19,20)16-22-15(23-27-16)12-5-7-24(14(26)9-12)8-6-13(25)21-10-11-3-1-2-4-11/h5,7,9,11H,1-4,6,8,10H2,(H,21,25). The van der Waals surface area contributed by atoms with Gasteiger partial charge in [0.2, 0.25) is 11.7 Å². The number of halogens is 3.